The minimum atomic E-state index is -0.471. The summed E-state index contributed by atoms with van der Waals surface area (Å²) in [5.41, 5.74) is 2.77. The Morgan fingerprint density at radius 1 is 1.17 bits per heavy atom. The summed E-state index contributed by atoms with van der Waals surface area (Å²) >= 11 is 2.17. The van der Waals surface area contributed by atoms with E-state index < -0.39 is 4.92 Å². The molecule has 0 radical (unpaired) electrons. The molecule has 0 N–H and O–H groups in total. The van der Waals surface area contributed by atoms with Crippen LogP contribution in [0.15, 0.2) is 66.7 Å². The number of nitro benzene ring substituents is 1. The first kappa shape index (κ1) is 21.3. The fourth-order valence-electron chi connectivity index (χ4n) is 2.80. The highest BCUT2D eigenvalue weighted by Gasteiger charge is 2.13. The SMILES string of the molecule is COc1cc(/C=C(/C#N)c2ccc([N+](=O)[O-])cc2)cc(I)c1OCc1ccccc1. The number of ether oxygens (including phenoxy) is 2. The average Bonchev–Trinajstić information content (AvgIpc) is 2.77. The van der Waals surface area contributed by atoms with Crippen LogP contribution in [-0.2, 0) is 6.61 Å². The maximum Gasteiger partial charge on any atom is 0.269 e. The van der Waals surface area contributed by atoms with Crippen LogP contribution in [0.3, 0.4) is 0 Å². The monoisotopic (exact) mass is 512 g/mol. The average molecular weight is 512 g/mol. The van der Waals surface area contributed by atoms with Crippen molar-refractivity contribution in [2.75, 3.05) is 7.11 Å². The van der Waals surface area contributed by atoms with Crippen molar-refractivity contribution in [1.82, 2.24) is 0 Å². The second kappa shape index (κ2) is 9.89. The summed E-state index contributed by atoms with van der Waals surface area (Å²) in [6.07, 6.45) is 1.72. The standard InChI is InChI=1S/C23H17IN2O4/c1-29-22-13-17(11-19(14-25)18-7-9-20(10-8-18)26(27)28)12-21(24)23(22)30-15-16-5-3-2-4-6-16/h2-13H,15H2,1H3/b19-11-. The van der Waals surface area contributed by atoms with Gasteiger partial charge in [0.2, 0.25) is 0 Å². The highest BCUT2D eigenvalue weighted by molar-refractivity contribution is 14.1. The Morgan fingerprint density at radius 3 is 2.47 bits per heavy atom. The minimum absolute atomic E-state index is 0.0211. The zero-order valence-electron chi connectivity index (χ0n) is 16.0. The molecule has 3 aromatic carbocycles. The van der Waals surface area contributed by atoms with E-state index in [1.165, 1.54) is 12.1 Å². The highest BCUT2D eigenvalue weighted by Crippen LogP contribution is 2.35. The van der Waals surface area contributed by atoms with E-state index in [1.807, 2.05) is 36.4 Å². The molecule has 0 bridgehead atoms. The van der Waals surface area contributed by atoms with Crippen LogP contribution in [0.1, 0.15) is 16.7 Å². The van der Waals surface area contributed by atoms with Crippen molar-refractivity contribution in [3.05, 3.63) is 97.1 Å². The van der Waals surface area contributed by atoms with E-state index in [2.05, 4.69) is 28.7 Å². The molecule has 0 unspecified atom stereocenters. The number of allylic oxidation sites excluding steroid dienone is 1. The number of benzene rings is 3. The molecule has 0 saturated heterocycles. The predicted molar refractivity (Wildman–Crippen MR) is 123 cm³/mol. The number of rotatable bonds is 7. The van der Waals surface area contributed by atoms with Gasteiger partial charge in [-0.25, -0.2) is 0 Å². The normalized spacial score (nSPS) is 10.9. The molecule has 30 heavy (non-hydrogen) atoms. The Balaban J connectivity index is 1.89. The molecule has 7 heteroatoms. The molecule has 3 rings (SSSR count). The van der Waals surface area contributed by atoms with Crippen molar-refractivity contribution in [2.24, 2.45) is 0 Å². The van der Waals surface area contributed by atoms with Gasteiger partial charge in [0.15, 0.2) is 11.5 Å². The molecule has 0 heterocycles. The van der Waals surface area contributed by atoms with Crippen LogP contribution in [0.4, 0.5) is 5.69 Å². The van der Waals surface area contributed by atoms with Gasteiger partial charge in [-0.15, -0.1) is 0 Å². The van der Waals surface area contributed by atoms with Crippen molar-refractivity contribution in [3.63, 3.8) is 0 Å². The largest absolute Gasteiger partial charge is 0.493 e. The topological polar surface area (TPSA) is 85.4 Å². The van der Waals surface area contributed by atoms with Crippen molar-refractivity contribution < 1.29 is 14.4 Å². The number of nitrogens with zero attached hydrogens (tertiary/aromatic N) is 2. The number of non-ortho nitro benzene ring substituents is 1. The van der Waals surface area contributed by atoms with E-state index in [9.17, 15) is 15.4 Å². The molecule has 150 valence electrons. The third-order valence-corrected chi connectivity index (χ3v) is 5.10. The third-order valence-electron chi connectivity index (χ3n) is 4.30. The summed E-state index contributed by atoms with van der Waals surface area (Å²) in [6.45, 7) is 0.411. The Hall–Kier alpha value is -3.38. The molecule has 0 fully saturated rings. The van der Waals surface area contributed by atoms with E-state index in [1.54, 1.807) is 31.4 Å². The molecular weight excluding hydrogens is 495 g/mol. The fourth-order valence-corrected chi connectivity index (χ4v) is 3.58. The molecule has 6 nitrogen and oxygen atoms in total. The first-order chi connectivity index (χ1) is 14.5. The molecule has 0 aliphatic carbocycles. The molecule has 0 amide bonds. The van der Waals surface area contributed by atoms with Crippen LogP contribution < -0.4 is 9.47 Å². The molecule has 3 aromatic rings. The van der Waals surface area contributed by atoms with Gasteiger partial charge in [-0.05, 0) is 69.6 Å². The van der Waals surface area contributed by atoms with Crippen LogP contribution in [0.25, 0.3) is 11.6 Å². The second-order valence-electron chi connectivity index (χ2n) is 6.28. The summed E-state index contributed by atoms with van der Waals surface area (Å²) in [7, 11) is 1.57. The molecule has 0 saturated carbocycles. The Morgan fingerprint density at radius 2 is 1.87 bits per heavy atom. The quantitative estimate of drug-likeness (QED) is 0.130. The number of halogens is 1. The first-order valence-corrected chi connectivity index (χ1v) is 10.0. The van der Waals surface area contributed by atoms with Crippen LogP contribution in [0.2, 0.25) is 0 Å². The fraction of sp³-hybridized carbons (Fsp3) is 0.0870. The van der Waals surface area contributed by atoms with E-state index in [-0.39, 0.29) is 5.69 Å². The van der Waals surface area contributed by atoms with Crippen LogP contribution >= 0.6 is 22.6 Å². The summed E-state index contributed by atoms with van der Waals surface area (Å²) < 4.78 is 12.3. The number of hydrogen-bond acceptors (Lipinski definition) is 5. The van der Waals surface area contributed by atoms with Crippen LogP contribution in [0.5, 0.6) is 11.5 Å². The smallest absolute Gasteiger partial charge is 0.269 e. The van der Waals surface area contributed by atoms with Gasteiger partial charge in [-0.1, -0.05) is 30.3 Å². The number of hydrogen-bond donors (Lipinski definition) is 0. The summed E-state index contributed by atoms with van der Waals surface area (Å²) in [6, 6.07) is 21.6. The zero-order valence-corrected chi connectivity index (χ0v) is 18.2. The van der Waals surface area contributed by atoms with E-state index in [4.69, 9.17) is 9.47 Å². The van der Waals surface area contributed by atoms with E-state index >= 15 is 0 Å². The summed E-state index contributed by atoms with van der Waals surface area (Å²) in [5.74, 6) is 1.19. The van der Waals surface area contributed by atoms with Crippen molar-refractivity contribution in [1.29, 1.82) is 5.26 Å². The lowest BCUT2D eigenvalue weighted by Gasteiger charge is -2.14. The maximum atomic E-state index is 10.8. The van der Waals surface area contributed by atoms with E-state index in [0.29, 0.717) is 29.2 Å². The van der Waals surface area contributed by atoms with Gasteiger partial charge in [0.25, 0.3) is 5.69 Å². The first-order valence-electron chi connectivity index (χ1n) is 8.92. The van der Waals surface area contributed by atoms with Gasteiger partial charge in [-0.2, -0.15) is 5.26 Å². The lowest BCUT2D eigenvalue weighted by atomic mass is 10.0. The number of nitro groups is 1. The third kappa shape index (κ3) is 5.15. The molecular formula is C23H17IN2O4. The van der Waals surface area contributed by atoms with Crippen LogP contribution in [-0.4, -0.2) is 12.0 Å². The zero-order chi connectivity index (χ0) is 21.5. The van der Waals surface area contributed by atoms with Gasteiger partial charge in [0.1, 0.15) is 6.61 Å². The Kier molecular flexibility index (Phi) is 7.03. The van der Waals surface area contributed by atoms with Crippen molar-refractivity contribution in [3.8, 4) is 17.6 Å². The van der Waals surface area contributed by atoms with Gasteiger partial charge >= 0.3 is 0 Å². The lowest BCUT2D eigenvalue weighted by Crippen LogP contribution is -2.00. The highest BCUT2D eigenvalue weighted by atomic mass is 127. The van der Waals surface area contributed by atoms with Gasteiger partial charge in [0, 0.05) is 12.1 Å². The second-order valence-corrected chi connectivity index (χ2v) is 7.44. The van der Waals surface area contributed by atoms with Gasteiger partial charge in [-0.3, -0.25) is 10.1 Å². The maximum absolute atomic E-state index is 10.8. The van der Waals surface area contributed by atoms with Gasteiger partial charge < -0.3 is 9.47 Å². The van der Waals surface area contributed by atoms with E-state index in [0.717, 1.165) is 14.7 Å². The molecule has 0 atom stereocenters. The van der Waals surface area contributed by atoms with Crippen LogP contribution in [0, 0.1) is 25.0 Å². The Bertz CT molecular complexity index is 1120. The Labute approximate surface area is 187 Å². The lowest BCUT2D eigenvalue weighted by molar-refractivity contribution is -0.384. The summed E-state index contributed by atoms with van der Waals surface area (Å²) in [4.78, 5) is 10.4. The van der Waals surface area contributed by atoms with Crippen molar-refractivity contribution in [2.45, 2.75) is 6.61 Å². The molecule has 0 aliphatic heterocycles. The number of nitriles is 1. The van der Waals surface area contributed by atoms with Crippen molar-refractivity contribution >= 4 is 39.9 Å². The molecule has 0 aliphatic rings. The molecule has 0 spiro atoms. The predicted octanol–water partition coefficient (Wildman–Crippen LogP) is 5.85. The van der Waals surface area contributed by atoms with Gasteiger partial charge in [0.05, 0.1) is 27.2 Å². The minimum Gasteiger partial charge on any atom is -0.493 e. The number of methoxy groups -OCH3 is 1. The molecule has 0 aromatic heterocycles. The summed E-state index contributed by atoms with van der Waals surface area (Å²) in [5, 5.41) is 20.4.